The number of ether oxygens (including phenoxy) is 2. The van der Waals surface area contributed by atoms with Gasteiger partial charge in [0.05, 0.1) is 0 Å². The van der Waals surface area contributed by atoms with Crippen LogP contribution in [-0.2, 0) is 0 Å². The van der Waals surface area contributed by atoms with Crippen LogP contribution in [0.5, 0.6) is 23.0 Å². The lowest BCUT2D eigenvalue weighted by Gasteiger charge is -2.12. The molecule has 40 heavy (non-hydrogen) atoms. The van der Waals surface area contributed by atoms with Gasteiger partial charge in [0, 0.05) is 0 Å². The molecular formula is C38H22O2. The minimum Gasteiger partial charge on any atom is -0.457 e. The van der Waals surface area contributed by atoms with Crippen molar-refractivity contribution >= 4 is 21.5 Å². The smallest absolute Gasteiger partial charge is 0.128 e. The van der Waals surface area contributed by atoms with Gasteiger partial charge in [-0.05, 0) is 115 Å². The van der Waals surface area contributed by atoms with Gasteiger partial charge in [-0.2, -0.15) is 0 Å². The molecule has 7 aromatic rings. The van der Waals surface area contributed by atoms with Gasteiger partial charge in [0.1, 0.15) is 23.0 Å². The first kappa shape index (κ1) is 21.6. The van der Waals surface area contributed by atoms with Gasteiger partial charge in [-0.25, -0.2) is 0 Å². The molecule has 186 valence electrons. The number of benzene rings is 7. The zero-order valence-electron chi connectivity index (χ0n) is 21.5. The third-order valence-corrected chi connectivity index (χ3v) is 8.23. The van der Waals surface area contributed by atoms with E-state index >= 15 is 0 Å². The molecule has 0 saturated carbocycles. The maximum Gasteiger partial charge on any atom is 0.128 e. The van der Waals surface area contributed by atoms with Crippen molar-refractivity contribution in [3.8, 4) is 67.5 Å². The lowest BCUT2D eigenvalue weighted by molar-refractivity contribution is 0.482. The molecule has 0 radical (unpaired) electrons. The Kier molecular flexibility index (Phi) is 4.36. The van der Waals surface area contributed by atoms with Gasteiger partial charge in [-0.3, -0.25) is 0 Å². The van der Waals surface area contributed by atoms with Crippen LogP contribution in [0.1, 0.15) is 0 Å². The molecule has 0 unspecified atom stereocenters. The molecule has 9 rings (SSSR count). The number of hydrogen-bond acceptors (Lipinski definition) is 2. The van der Waals surface area contributed by atoms with Crippen LogP contribution < -0.4 is 9.47 Å². The normalized spacial score (nSPS) is 12.0. The summed E-state index contributed by atoms with van der Waals surface area (Å²) in [6.45, 7) is 0. The fraction of sp³-hybridized carbons (Fsp3) is 0. The highest BCUT2D eigenvalue weighted by Crippen LogP contribution is 2.60. The first-order chi connectivity index (χ1) is 19.8. The summed E-state index contributed by atoms with van der Waals surface area (Å²) in [6, 6.07) is 46.4. The van der Waals surface area contributed by atoms with Crippen molar-refractivity contribution in [2.75, 3.05) is 0 Å². The van der Waals surface area contributed by atoms with Crippen LogP contribution in [0.3, 0.4) is 0 Å². The molecule has 0 atom stereocenters. The zero-order chi connectivity index (χ0) is 26.2. The highest BCUT2D eigenvalue weighted by Gasteiger charge is 2.32. The van der Waals surface area contributed by atoms with Gasteiger partial charge in [0.15, 0.2) is 0 Å². The van der Waals surface area contributed by atoms with Crippen LogP contribution >= 0.6 is 0 Å². The van der Waals surface area contributed by atoms with Crippen LogP contribution in [0.25, 0.3) is 66.1 Å². The molecule has 0 spiro atoms. The van der Waals surface area contributed by atoms with Crippen molar-refractivity contribution in [1.82, 2.24) is 0 Å². The molecule has 2 nitrogen and oxygen atoms in total. The topological polar surface area (TPSA) is 18.5 Å². The summed E-state index contributed by atoms with van der Waals surface area (Å²) in [6.07, 6.45) is 0. The van der Waals surface area contributed by atoms with Crippen molar-refractivity contribution in [1.29, 1.82) is 0 Å². The Labute approximate surface area is 231 Å². The summed E-state index contributed by atoms with van der Waals surface area (Å²) < 4.78 is 12.5. The van der Waals surface area contributed by atoms with Crippen molar-refractivity contribution in [2.45, 2.75) is 0 Å². The Morgan fingerprint density at radius 3 is 1.15 bits per heavy atom. The fourth-order valence-corrected chi connectivity index (χ4v) is 6.62. The van der Waals surface area contributed by atoms with Crippen molar-refractivity contribution < 1.29 is 9.47 Å². The summed E-state index contributed by atoms with van der Waals surface area (Å²) in [5.74, 6) is 3.38. The summed E-state index contributed by atoms with van der Waals surface area (Å²) >= 11 is 0. The van der Waals surface area contributed by atoms with Crippen LogP contribution in [0.2, 0.25) is 0 Å². The molecular weight excluding hydrogens is 488 g/mol. The Bertz CT molecular complexity index is 1990. The zero-order valence-corrected chi connectivity index (χ0v) is 21.5. The minimum absolute atomic E-state index is 0.841. The van der Waals surface area contributed by atoms with E-state index in [0.29, 0.717) is 0 Å². The number of hydrogen-bond donors (Lipinski definition) is 0. The van der Waals surface area contributed by atoms with Crippen molar-refractivity contribution in [2.24, 2.45) is 0 Å². The van der Waals surface area contributed by atoms with Gasteiger partial charge < -0.3 is 9.47 Å². The Morgan fingerprint density at radius 2 is 0.700 bits per heavy atom. The minimum atomic E-state index is 0.841. The maximum atomic E-state index is 6.24. The molecule has 2 aliphatic carbocycles. The molecule has 0 saturated heterocycles. The van der Waals surface area contributed by atoms with Crippen LogP contribution in [-0.4, -0.2) is 0 Å². The predicted molar refractivity (Wildman–Crippen MR) is 163 cm³/mol. The standard InChI is InChI=1S/C38H22O2/c1-3-9-23(10-4-1)39-25-15-17-29-33(21-25)31-19-20-32-34-22-26(40-24-11-5-2-6-12-24)16-18-30(34)36-28-14-8-7-13-27(28)35(29)37(31)38(32)36/h1-22H. The second-order valence-electron chi connectivity index (χ2n) is 10.5. The van der Waals surface area contributed by atoms with E-state index in [9.17, 15) is 0 Å². The van der Waals surface area contributed by atoms with Gasteiger partial charge >= 0.3 is 0 Å². The average Bonchev–Trinajstić information content (AvgIpc) is 3.51. The first-order valence-corrected chi connectivity index (χ1v) is 13.6. The largest absolute Gasteiger partial charge is 0.457 e. The van der Waals surface area contributed by atoms with Crippen LogP contribution in [0.15, 0.2) is 133 Å². The van der Waals surface area contributed by atoms with E-state index < -0.39 is 0 Å². The monoisotopic (exact) mass is 510 g/mol. The summed E-state index contributed by atoms with van der Waals surface area (Å²) in [7, 11) is 0. The van der Waals surface area contributed by atoms with E-state index in [1.165, 1.54) is 66.1 Å². The highest BCUT2D eigenvalue weighted by molar-refractivity contribution is 6.34. The summed E-state index contributed by atoms with van der Waals surface area (Å²) in [4.78, 5) is 0. The third-order valence-electron chi connectivity index (χ3n) is 8.23. The Hall–Kier alpha value is -5.34. The lowest BCUT2D eigenvalue weighted by Crippen LogP contribution is -1.87. The Balaban J connectivity index is 1.27. The molecule has 0 amide bonds. The molecule has 2 heteroatoms. The van der Waals surface area contributed by atoms with Gasteiger partial charge in [-0.15, -0.1) is 0 Å². The number of fused-ring (bicyclic) bond motifs is 9. The van der Waals surface area contributed by atoms with E-state index in [1.54, 1.807) is 0 Å². The summed E-state index contributed by atoms with van der Waals surface area (Å²) in [5, 5.41) is 5.24. The van der Waals surface area contributed by atoms with Crippen LogP contribution in [0.4, 0.5) is 0 Å². The van der Waals surface area contributed by atoms with Gasteiger partial charge in [0.25, 0.3) is 0 Å². The van der Waals surface area contributed by atoms with E-state index in [0.717, 1.165) is 23.0 Å². The van der Waals surface area contributed by atoms with Crippen molar-refractivity contribution in [3.63, 3.8) is 0 Å². The van der Waals surface area contributed by atoms with E-state index in [1.807, 2.05) is 60.7 Å². The van der Waals surface area contributed by atoms with E-state index in [-0.39, 0.29) is 0 Å². The van der Waals surface area contributed by atoms with Crippen molar-refractivity contribution in [3.05, 3.63) is 133 Å². The average molecular weight is 511 g/mol. The molecule has 0 fully saturated rings. The summed E-state index contributed by atoms with van der Waals surface area (Å²) in [5.41, 5.74) is 10.1. The molecule has 0 bridgehead atoms. The SMILES string of the molecule is c1ccc(Oc2ccc3c(c2)-c2ccc4c5c(c6ccccc6c-3c25)-c2ccc(Oc3ccccc3)cc2-4)cc1. The molecule has 0 heterocycles. The molecule has 0 aliphatic heterocycles. The maximum absolute atomic E-state index is 6.24. The fourth-order valence-electron chi connectivity index (χ4n) is 6.62. The predicted octanol–water partition coefficient (Wildman–Crippen LogP) is 10.9. The van der Waals surface area contributed by atoms with Gasteiger partial charge in [-0.1, -0.05) is 84.9 Å². The van der Waals surface area contributed by atoms with Gasteiger partial charge in [0.2, 0.25) is 0 Å². The third kappa shape index (κ3) is 2.99. The number of para-hydroxylation sites is 2. The van der Waals surface area contributed by atoms with E-state index in [2.05, 4.69) is 72.8 Å². The molecule has 0 N–H and O–H groups in total. The second kappa shape index (κ2) is 8.08. The molecule has 2 aliphatic rings. The Morgan fingerprint density at radius 1 is 0.300 bits per heavy atom. The molecule has 0 aromatic heterocycles. The first-order valence-electron chi connectivity index (χ1n) is 13.6. The second-order valence-corrected chi connectivity index (χ2v) is 10.5. The highest BCUT2D eigenvalue weighted by atomic mass is 16.5. The quantitative estimate of drug-likeness (QED) is 0.219. The van der Waals surface area contributed by atoms with Crippen LogP contribution in [0, 0.1) is 0 Å². The molecule has 7 aromatic carbocycles. The number of rotatable bonds is 4. The lowest BCUT2D eigenvalue weighted by atomic mass is 9.90. The van der Waals surface area contributed by atoms with E-state index in [4.69, 9.17) is 9.47 Å².